The smallest absolute Gasteiger partial charge is 0.212 e. The molecule has 0 unspecified atom stereocenters. The van der Waals surface area contributed by atoms with E-state index in [0.717, 1.165) is 151 Å². The van der Waals surface area contributed by atoms with E-state index in [9.17, 15) is 0 Å². The van der Waals surface area contributed by atoms with Crippen LogP contribution in [0.1, 0.15) is 179 Å². The van der Waals surface area contributed by atoms with Gasteiger partial charge in [-0.05, 0) is 202 Å². The molecule has 12 aromatic carbocycles. The molecule has 27 heteroatoms. The first-order valence-electron chi connectivity index (χ1n) is 50.7. The van der Waals surface area contributed by atoms with Gasteiger partial charge in [0.15, 0.2) is 0 Å². The fraction of sp³-hybridized carbons (Fsp3) is 0.195. The van der Waals surface area contributed by atoms with Crippen LogP contribution in [-0.4, -0.2) is 88.3 Å². The Bertz CT molecular complexity index is 8070. The van der Waals surface area contributed by atoms with E-state index in [1.165, 1.54) is 50.1 Å². The number of benzene rings is 12. The minimum Gasteiger partial charge on any atom is -0.518 e. The minimum atomic E-state index is -0.331. The van der Waals surface area contributed by atoms with Crippen molar-refractivity contribution < 1.29 is 86.9 Å². The van der Waals surface area contributed by atoms with E-state index in [1.807, 2.05) is 172 Å². The van der Waals surface area contributed by atoms with Crippen LogP contribution in [-0.2, 0) is 68.6 Å². The van der Waals surface area contributed by atoms with Crippen molar-refractivity contribution in [3.05, 3.63) is 389 Å². The van der Waals surface area contributed by atoms with E-state index in [-0.39, 0.29) is 88.7 Å². The molecule has 758 valence electrons. The topological polar surface area (TPSA) is 161 Å². The predicted molar refractivity (Wildman–Crippen MR) is 590 cm³/mol. The van der Waals surface area contributed by atoms with Crippen molar-refractivity contribution in [2.24, 2.45) is 0 Å². The van der Waals surface area contributed by atoms with Gasteiger partial charge in [-0.1, -0.05) is 207 Å². The average Bonchev–Trinajstić information content (AvgIpc) is 0.763. The Morgan fingerprint density at radius 3 is 1.05 bits per heavy atom. The molecular weight excluding hydrogens is 2400 g/mol. The normalized spacial score (nSPS) is 14.1. The van der Waals surface area contributed by atoms with Crippen LogP contribution in [0.4, 0.5) is 39.8 Å². The van der Waals surface area contributed by atoms with Gasteiger partial charge in [0.05, 0.1) is 18.6 Å². The van der Waals surface area contributed by atoms with Crippen LogP contribution in [0.15, 0.2) is 293 Å². The zero-order valence-electron chi connectivity index (χ0n) is 86.3. The van der Waals surface area contributed by atoms with Crippen molar-refractivity contribution in [3.63, 3.8) is 0 Å². The molecule has 0 atom stereocenters. The molecule has 26 rings (SSSR count). The number of pyridine rings is 1. The van der Waals surface area contributed by atoms with Crippen LogP contribution >= 0.6 is 0 Å². The summed E-state index contributed by atoms with van der Waals surface area (Å²) < 4.78 is 38.3. The fourth-order valence-corrected chi connectivity index (χ4v) is 21.5. The third-order valence-electron chi connectivity index (χ3n) is 28.7. The predicted octanol–water partition coefficient (Wildman–Crippen LogP) is 22.1. The van der Waals surface area contributed by atoms with Crippen LogP contribution < -0.4 is 97.3 Å². The molecule has 0 amide bonds. The van der Waals surface area contributed by atoms with Crippen LogP contribution in [0.3, 0.4) is 0 Å². The van der Waals surface area contributed by atoms with Crippen molar-refractivity contribution in [3.8, 4) is 108 Å². The Morgan fingerprint density at radius 1 is 0.300 bits per heavy atom. The summed E-state index contributed by atoms with van der Waals surface area (Å²) in [4.78, 5) is 29.2. The first kappa shape index (κ1) is 101. The van der Waals surface area contributed by atoms with E-state index in [2.05, 4.69) is 342 Å². The summed E-state index contributed by atoms with van der Waals surface area (Å²) in [5.41, 5.74) is 32.8. The van der Waals surface area contributed by atoms with E-state index >= 15 is 0 Å². The van der Waals surface area contributed by atoms with Gasteiger partial charge in [-0.25, -0.2) is 4.98 Å². The molecule has 17 aromatic rings. The van der Waals surface area contributed by atoms with Crippen molar-refractivity contribution in [1.29, 1.82) is 0 Å². The SMILES string of the molecule is CC(C)c1cccc(C(C)C)c1-c1cnn(-c2[c-]c3c(cc2)N(c2ccccc2)c2cccc4c2B3c2[c-]c(N3C=CN(C)[CH-]3)ccc2O4)c1.CC(C)c1cccc(C(C)C)c1-c1cnn(-c2[c-]c3c(cc2)Oc2nc(C(C)(C)C)nc4c2B3c2[c-]c(N3C=CN(c5ccccc5)[CH-]3)ccc2O4)c1.CC(C)c1cccc(C(C)C)c1-c1cnn(-c2[c-]c3c(cc2)Oc2nccc4c2B3c2[c-]c(N3C=CN(C)[CH-]3)ccc2O4)c1.[Pt].[Pt].[Pt]. The van der Waals surface area contributed by atoms with Gasteiger partial charge in [0.25, 0.3) is 0 Å². The Kier molecular flexibility index (Phi) is 27.6. The summed E-state index contributed by atoms with van der Waals surface area (Å²) >= 11 is 0. The molecule has 0 saturated heterocycles. The summed E-state index contributed by atoms with van der Waals surface area (Å²) in [5, 5.41) is 14.7. The molecule has 0 radical (unpaired) electrons. The molecule has 0 fully saturated rings. The van der Waals surface area contributed by atoms with Crippen molar-refractivity contribution >= 4 is 109 Å². The molecule has 0 N–H and O–H groups in total. The summed E-state index contributed by atoms with van der Waals surface area (Å²) in [6.07, 6.45) is 26.2. The van der Waals surface area contributed by atoms with Crippen LogP contribution in [0.5, 0.6) is 57.9 Å². The molecule has 0 bridgehead atoms. The van der Waals surface area contributed by atoms with Crippen LogP contribution in [0, 0.1) is 56.4 Å². The molecule has 21 nitrogen and oxygen atoms in total. The molecular formula is C123H108B3N16O5Pt3-9. The molecule has 0 saturated carbocycles. The first-order chi connectivity index (χ1) is 71.2. The second-order valence-electron chi connectivity index (χ2n) is 41.7. The Labute approximate surface area is 922 Å². The number of anilines is 7. The van der Waals surface area contributed by atoms with Gasteiger partial charge < -0.3 is 58.0 Å². The largest absolute Gasteiger partial charge is 0.518 e. The van der Waals surface area contributed by atoms with Gasteiger partial charge in [0.2, 0.25) is 37.8 Å². The van der Waals surface area contributed by atoms with Gasteiger partial charge in [-0.15, -0.1) is 124 Å². The van der Waals surface area contributed by atoms with E-state index in [4.69, 9.17) is 48.9 Å². The van der Waals surface area contributed by atoms with Crippen molar-refractivity contribution in [1.82, 2.24) is 54.1 Å². The minimum absolute atomic E-state index is 0. The molecule has 150 heavy (non-hydrogen) atoms. The second-order valence-corrected chi connectivity index (χ2v) is 41.7. The van der Waals surface area contributed by atoms with E-state index in [0.29, 0.717) is 70.5 Å². The summed E-state index contributed by atoms with van der Waals surface area (Å²) in [6, 6.07) is 96.0. The molecule has 5 aromatic heterocycles. The number of nitrogens with zero attached hydrogens (tertiary/aromatic N) is 16. The molecule has 9 aliphatic heterocycles. The summed E-state index contributed by atoms with van der Waals surface area (Å²) in [6.45, 7) is 38.7. The van der Waals surface area contributed by atoms with Crippen molar-refractivity contribution in [2.45, 2.75) is 145 Å². The van der Waals surface area contributed by atoms with Gasteiger partial charge in [0.1, 0.15) is 17.3 Å². The van der Waals surface area contributed by atoms with E-state index in [1.54, 1.807) is 6.20 Å². The number of ether oxygens (including phenoxy) is 5. The van der Waals surface area contributed by atoms with Gasteiger partial charge in [-0.2, -0.15) is 80.5 Å². The third kappa shape index (κ3) is 18.4. The van der Waals surface area contributed by atoms with Crippen LogP contribution in [0.25, 0.3) is 50.4 Å². The third-order valence-corrected chi connectivity index (χ3v) is 28.7. The molecule has 0 aliphatic carbocycles. The number of hydrogen-bond acceptors (Lipinski definition) is 18. The summed E-state index contributed by atoms with van der Waals surface area (Å²) in [7, 11) is 4.03. The average molecular weight is 2510 g/mol. The second kappa shape index (κ2) is 40.8. The Balaban J connectivity index is 0.000000131. The van der Waals surface area contributed by atoms with E-state index < -0.39 is 0 Å². The zero-order valence-corrected chi connectivity index (χ0v) is 93.1. The quantitative estimate of drug-likeness (QED) is 0.0625. The number of para-hydroxylation sites is 2. The molecule has 0 spiro atoms. The number of rotatable bonds is 17. The maximum absolute atomic E-state index is 6.64. The molecule has 14 heterocycles. The number of hydrogen-bond donors (Lipinski definition) is 0. The Hall–Kier alpha value is -14.4. The zero-order chi connectivity index (χ0) is 101. The standard InChI is InChI=1S/C44H40BN6O2.C43H37BN5O.C36H31BN5O2.3Pt/c1-27(2)33-14-11-15-34(28(3)4)39(33)29-24-46-51(25-29)32-17-19-38-36(23-32)45-35-22-31(50-21-20-49(26-50)30-12-9-8-10-13-30)16-18-37(35)52-41-40(45)42(53-38)48-43(47-41)44(5,6)7;1-28(2)34-13-9-14-35(29(3)4)42(34)30-25-45-48(26-30)33-17-19-38-36(24-33)44-37-23-32(47-22-21-46(5)27-47)18-20-40(37)50-41-16-10-15-39(43(41)44)49(38)31-11-7-6-8-12-31;1-22(2)27-7-6-8-28(23(3)4)34(27)24-19-39-42(20-24)26-10-12-32-30(18-26)37-29-17-25(41-16-15-40(5)21-41)9-11-31(29)43-33-13-14-38-36(44-32)35(33)37;;;/h8-21,24-28H,1-7H3;6-22,25-29H,1-5H3;6-16,19-23H,1-5H3;;;/q3*-3;;;. The maximum atomic E-state index is 6.64. The maximum Gasteiger partial charge on any atom is 0.212 e. The number of aromatic nitrogens is 9. The van der Waals surface area contributed by atoms with Gasteiger partial charge in [-0.3, -0.25) is 14.0 Å². The van der Waals surface area contributed by atoms with Gasteiger partial charge in [0, 0.05) is 167 Å². The monoisotopic (exact) mass is 2510 g/mol. The van der Waals surface area contributed by atoms with Gasteiger partial charge >= 0.3 is 0 Å². The van der Waals surface area contributed by atoms with Crippen LogP contribution in [0.2, 0.25) is 0 Å². The Morgan fingerprint density at radius 2 is 0.640 bits per heavy atom. The molecule has 9 aliphatic rings. The number of fused-ring (bicyclic) bond motifs is 12. The fourth-order valence-electron chi connectivity index (χ4n) is 21.5. The van der Waals surface area contributed by atoms with Crippen molar-refractivity contribution in [2.75, 3.05) is 38.6 Å². The first-order valence-corrected chi connectivity index (χ1v) is 50.7. The summed E-state index contributed by atoms with van der Waals surface area (Å²) in [5.74, 6) is 9.78.